The summed E-state index contributed by atoms with van der Waals surface area (Å²) in [5, 5.41) is 13.4. The number of carbonyl (C=O) groups is 2. The van der Waals surface area contributed by atoms with E-state index in [0.29, 0.717) is 25.1 Å². The van der Waals surface area contributed by atoms with Crippen LogP contribution in [0.15, 0.2) is 18.2 Å². The van der Waals surface area contributed by atoms with Gasteiger partial charge in [0.05, 0.1) is 16.8 Å². The van der Waals surface area contributed by atoms with E-state index in [2.05, 4.69) is 10.6 Å². The van der Waals surface area contributed by atoms with Crippen LogP contribution in [0.3, 0.4) is 0 Å². The van der Waals surface area contributed by atoms with E-state index < -0.39 is 35.0 Å². The molecule has 5 N–H and O–H groups in total. The molecule has 0 fully saturated rings. The molecule has 0 aliphatic carbocycles. The Morgan fingerprint density at radius 1 is 1.29 bits per heavy atom. The lowest BCUT2D eigenvalue weighted by Crippen LogP contribution is -2.31. The topological polar surface area (TPSA) is 104 Å². The maximum Gasteiger partial charge on any atom is 0.416 e. The predicted molar refractivity (Wildman–Crippen MR) is 69.1 cm³/mol. The number of halogens is 3. The number of nitrogens with two attached hydrogens (primary N) is 1. The van der Waals surface area contributed by atoms with Crippen molar-refractivity contribution in [2.75, 3.05) is 18.4 Å². The molecule has 0 atom stereocenters. The Balaban J connectivity index is 2.96. The number of alkyl halides is 3. The summed E-state index contributed by atoms with van der Waals surface area (Å²) in [4.78, 5) is 22.4. The van der Waals surface area contributed by atoms with E-state index >= 15 is 0 Å². The van der Waals surface area contributed by atoms with Crippen molar-refractivity contribution in [1.82, 2.24) is 5.32 Å². The Bertz CT molecular complexity index is 532. The Morgan fingerprint density at radius 2 is 1.95 bits per heavy atom. The monoisotopic (exact) mass is 305 g/mol. The molecule has 2 amide bonds. The van der Waals surface area contributed by atoms with Crippen LogP contribution in [0.5, 0.6) is 0 Å². The molecule has 1 aromatic rings. The zero-order valence-electron chi connectivity index (χ0n) is 10.8. The van der Waals surface area contributed by atoms with Gasteiger partial charge in [-0.05, 0) is 31.2 Å². The molecule has 0 aliphatic heterocycles. The van der Waals surface area contributed by atoms with Crippen LogP contribution in [-0.2, 0) is 6.18 Å². The predicted octanol–water partition coefficient (Wildman–Crippen LogP) is 1.87. The van der Waals surface area contributed by atoms with E-state index in [0.717, 1.165) is 6.07 Å². The first-order valence-corrected chi connectivity index (χ1v) is 5.95. The second-order valence-corrected chi connectivity index (χ2v) is 4.09. The lowest BCUT2D eigenvalue weighted by Gasteiger charge is -2.13. The first kappa shape index (κ1) is 16.8. The smallest absolute Gasteiger partial charge is 0.416 e. The summed E-state index contributed by atoms with van der Waals surface area (Å²) in [5.41, 5.74) is 3.31. The Hall–Kier alpha value is -2.29. The second kappa shape index (κ2) is 6.93. The fourth-order valence-electron chi connectivity index (χ4n) is 1.48. The molecule has 0 aliphatic rings. The van der Waals surface area contributed by atoms with Crippen LogP contribution in [0.4, 0.5) is 23.7 Å². The summed E-state index contributed by atoms with van der Waals surface area (Å²) in [7, 11) is 0. The summed E-state index contributed by atoms with van der Waals surface area (Å²) in [6.07, 6.45) is -4.15. The summed E-state index contributed by atoms with van der Waals surface area (Å²) in [5.74, 6) is -1.44. The average molecular weight is 305 g/mol. The fourth-order valence-corrected chi connectivity index (χ4v) is 1.48. The van der Waals surface area contributed by atoms with Gasteiger partial charge in [-0.2, -0.15) is 13.2 Å². The number of anilines is 1. The van der Waals surface area contributed by atoms with Crippen LogP contribution < -0.4 is 16.4 Å². The molecule has 0 heterocycles. The zero-order chi connectivity index (χ0) is 16.0. The van der Waals surface area contributed by atoms with Crippen molar-refractivity contribution < 1.29 is 27.9 Å². The normalized spacial score (nSPS) is 11.0. The third kappa shape index (κ3) is 4.95. The van der Waals surface area contributed by atoms with Gasteiger partial charge in [-0.1, -0.05) is 0 Å². The van der Waals surface area contributed by atoms with Crippen molar-refractivity contribution in [3.63, 3.8) is 0 Å². The third-order valence-electron chi connectivity index (χ3n) is 2.49. The van der Waals surface area contributed by atoms with Crippen molar-refractivity contribution in [3.05, 3.63) is 29.3 Å². The van der Waals surface area contributed by atoms with Crippen molar-refractivity contribution >= 4 is 17.7 Å². The van der Waals surface area contributed by atoms with Crippen molar-refractivity contribution in [2.45, 2.75) is 12.6 Å². The molecule has 0 bridgehead atoms. The molecule has 6 nitrogen and oxygen atoms in total. The molecule has 0 spiro atoms. The summed E-state index contributed by atoms with van der Waals surface area (Å²) < 4.78 is 37.8. The lowest BCUT2D eigenvalue weighted by atomic mass is 10.1. The largest absolute Gasteiger partial charge is 0.478 e. The first-order chi connectivity index (χ1) is 9.75. The van der Waals surface area contributed by atoms with Gasteiger partial charge in [-0.15, -0.1) is 0 Å². The highest BCUT2D eigenvalue weighted by molar-refractivity contribution is 6.00. The molecule has 21 heavy (non-hydrogen) atoms. The van der Waals surface area contributed by atoms with E-state index in [9.17, 15) is 22.8 Å². The number of carboxylic acids is 1. The van der Waals surface area contributed by atoms with Gasteiger partial charge in [0.25, 0.3) is 0 Å². The number of aromatic carboxylic acids is 1. The minimum absolute atomic E-state index is 0.226. The fraction of sp³-hybridized carbons (Fsp3) is 0.333. The number of carboxylic acid groups (broad SMARTS) is 1. The van der Waals surface area contributed by atoms with E-state index in [1.165, 1.54) is 0 Å². The second-order valence-electron chi connectivity index (χ2n) is 4.09. The standard InChI is InChI=1S/C12H14F3N3O3/c13-12(14,15)7-2-3-8(10(19)20)9(6-7)18-11(21)17-5-1-4-16/h2-3,6H,1,4-5,16H2,(H,19,20)(H2,17,18,21). The highest BCUT2D eigenvalue weighted by atomic mass is 19.4. The van der Waals surface area contributed by atoms with E-state index in [1.54, 1.807) is 0 Å². The van der Waals surface area contributed by atoms with E-state index in [-0.39, 0.29) is 6.54 Å². The van der Waals surface area contributed by atoms with Gasteiger partial charge in [-0.3, -0.25) is 0 Å². The maximum absolute atomic E-state index is 12.6. The SMILES string of the molecule is NCCCNC(=O)Nc1cc(C(F)(F)F)ccc1C(=O)O. The summed E-state index contributed by atoms with van der Waals surface area (Å²) >= 11 is 0. The van der Waals surface area contributed by atoms with Crippen LogP contribution in [0.1, 0.15) is 22.3 Å². The quantitative estimate of drug-likeness (QED) is 0.623. The number of urea groups is 1. The molecule has 0 radical (unpaired) electrons. The zero-order valence-corrected chi connectivity index (χ0v) is 10.8. The molecule has 1 aromatic carbocycles. The van der Waals surface area contributed by atoms with Gasteiger partial charge in [-0.25, -0.2) is 9.59 Å². The van der Waals surface area contributed by atoms with Crippen LogP contribution in [0.25, 0.3) is 0 Å². The molecule has 116 valence electrons. The average Bonchev–Trinajstić information content (AvgIpc) is 2.37. The Kier molecular flexibility index (Phi) is 5.53. The van der Waals surface area contributed by atoms with Gasteiger partial charge >= 0.3 is 18.2 Å². The Morgan fingerprint density at radius 3 is 2.48 bits per heavy atom. The number of carbonyl (C=O) groups excluding carboxylic acids is 1. The van der Waals surface area contributed by atoms with Crippen molar-refractivity contribution in [3.8, 4) is 0 Å². The van der Waals surface area contributed by atoms with Gasteiger partial charge in [0, 0.05) is 6.54 Å². The molecule has 0 unspecified atom stereocenters. The minimum Gasteiger partial charge on any atom is -0.478 e. The molecule has 0 saturated heterocycles. The van der Waals surface area contributed by atoms with Gasteiger partial charge < -0.3 is 21.5 Å². The molecule has 1 rings (SSSR count). The molecular weight excluding hydrogens is 291 g/mol. The molecular formula is C12H14F3N3O3. The number of nitrogens with one attached hydrogen (secondary N) is 2. The third-order valence-corrected chi connectivity index (χ3v) is 2.49. The van der Waals surface area contributed by atoms with Crippen molar-refractivity contribution in [2.24, 2.45) is 5.73 Å². The van der Waals surface area contributed by atoms with Gasteiger partial charge in [0.2, 0.25) is 0 Å². The number of hydrogen-bond donors (Lipinski definition) is 4. The van der Waals surface area contributed by atoms with Crippen LogP contribution in [0, 0.1) is 0 Å². The van der Waals surface area contributed by atoms with Crippen LogP contribution in [-0.4, -0.2) is 30.2 Å². The number of benzene rings is 1. The highest BCUT2D eigenvalue weighted by Gasteiger charge is 2.31. The van der Waals surface area contributed by atoms with Gasteiger partial charge in [0.15, 0.2) is 0 Å². The van der Waals surface area contributed by atoms with Crippen LogP contribution in [0.2, 0.25) is 0 Å². The number of amides is 2. The van der Waals surface area contributed by atoms with Gasteiger partial charge in [0.1, 0.15) is 0 Å². The molecule has 0 saturated carbocycles. The minimum atomic E-state index is -4.64. The van der Waals surface area contributed by atoms with E-state index in [4.69, 9.17) is 10.8 Å². The molecule has 0 aromatic heterocycles. The van der Waals surface area contributed by atoms with E-state index in [1.807, 2.05) is 0 Å². The summed E-state index contributed by atoms with van der Waals surface area (Å²) in [6, 6.07) is 1.21. The highest BCUT2D eigenvalue weighted by Crippen LogP contribution is 2.32. The first-order valence-electron chi connectivity index (χ1n) is 5.95. The number of rotatable bonds is 5. The molecule has 9 heteroatoms. The maximum atomic E-state index is 12.6. The lowest BCUT2D eigenvalue weighted by molar-refractivity contribution is -0.137. The number of hydrogen-bond acceptors (Lipinski definition) is 3. The van der Waals surface area contributed by atoms with Crippen molar-refractivity contribution in [1.29, 1.82) is 0 Å². The summed E-state index contributed by atoms with van der Waals surface area (Å²) in [6.45, 7) is 0.563. The Labute approximate surface area is 118 Å². The van der Waals surface area contributed by atoms with Crippen LogP contribution >= 0.6 is 0 Å².